The fraction of sp³-hybridized carbons (Fsp3) is 0.368. The van der Waals surface area contributed by atoms with Crippen LogP contribution in [0.4, 0.5) is 11.4 Å². The molecule has 2 aromatic carbocycles. The molecule has 0 saturated heterocycles. The van der Waals surface area contributed by atoms with Crippen LogP contribution < -0.4 is 14.4 Å². The average molecular weight is 313 g/mol. The van der Waals surface area contributed by atoms with E-state index in [2.05, 4.69) is 36.1 Å². The molecule has 1 aliphatic heterocycles. The van der Waals surface area contributed by atoms with Gasteiger partial charge < -0.3 is 19.1 Å². The molecule has 4 nitrogen and oxygen atoms in total. The average Bonchev–Trinajstić information content (AvgIpc) is 2.57. The van der Waals surface area contributed by atoms with Crippen molar-refractivity contribution < 1.29 is 14.2 Å². The van der Waals surface area contributed by atoms with Gasteiger partial charge in [0.25, 0.3) is 0 Å². The Morgan fingerprint density at radius 1 is 1.04 bits per heavy atom. The van der Waals surface area contributed by atoms with Gasteiger partial charge in [-0.05, 0) is 42.8 Å². The summed E-state index contributed by atoms with van der Waals surface area (Å²) in [5.74, 6) is 1.73. The van der Waals surface area contributed by atoms with Crippen LogP contribution in [0.15, 0.2) is 42.5 Å². The van der Waals surface area contributed by atoms with Crippen LogP contribution in [0.2, 0.25) is 0 Å². The first-order valence-electron chi connectivity index (χ1n) is 7.91. The predicted octanol–water partition coefficient (Wildman–Crippen LogP) is 3.80. The Morgan fingerprint density at radius 3 is 2.61 bits per heavy atom. The number of ether oxygens (including phenoxy) is 3. The van der Waals surface area contributed by atoms with E-state index in [-0.39, 0.29) is 6.10 Å². The van der Waals surface area contributed by atoms with Crippen molar-refractivity contribution in [2.24, 2.45) is 0 Å². The molecule has 3 rings (SSSR count). The summed E-state index contributed by atoms with van der Waals surface area (Å²) in [6.07, 6.45) is 1.07. The number of hydrogen-bond donors (Lipinski definition) is 0. The maximum Gasteiger partial charge on any atom is 0.120 e. The van der Waals surface area contributed by atoms with Crippen LogP contribution in [-0.4, -0.2) is 33.5 Å². The topological polar surface area (TPSA) is 30.9 Å². The molecular weight excluding hydrogens is 290 g/mol. The highest BCUT2D eigenvalue weighted by Gasteiger charge is 2.20. The van der Waals surface area contributed by atoms with Crippen LogP contribution in [0.5, 0.6) is 11.5 Å². The smallest absolute Gasteiger partial charge is 0.120 e. The van der Waals surface area contributed by atoms with E-state index in [0.717, 1.165) is 30.2 Å². The monoisotopic (exact) mass is 313 g/mol. The second kappa shape index (κ2) is 6.92. The molecule has 0 aliphatic carbocycles. The van der Waals surface area contributed by atoms with Crippen molar-refractivity contribution in [3.8, 4) is 11.5 Å². The molecule has 0 fully saturated rings. The lowest BCUT2D eigenvalue weighted by Crippen LogP contribution is -2.29. The highest BCUT2D eigenvalue weighted by molar-refractivity contribution is 5.69. The van der Waals surface area contributed by atoms with Crippen molar-refractivity contribution in [2.45, 2.75) is 19.4 Å². The third kappa shape index (κ3) is 3.42. The Labute approximate surface area is 137 Å². The van der Waals surface area contributed by atoms with Gasteiger partial charge in [0.05, 0.1) is 26.9 Å². The Morgan fingerprint density at radius 2 is 1.83 bits per heavy atom. The summed E-state index contributed by atoms with van der Waals surface area (Å²) in [4.78, 5) is 2.28. The van der Waals surface area contributed by atoms with Crippen LogP contribution in [0.25, 0.3) is 0 Å². The zero-order valence-corrected chi connectivity index (χ0v) is 13.9. The van der Waals surface area contributed by atoms with E-state index in [1.54, 1.807) is 14.2 Å². The number of rotatable bonds is 3. The van der Waals surface area contributed by atoms with Crippen LogP contribution in [-0.2, 0) is 11.2 Å². The van der Waals surface area contributed by atoms with Crippen LogP contribution in [0.1, 0.15) is 12.5 Å². The van der Waals surface area contributed by atoms with E-state index >= 15 is 0 Å². The van der Waals surface area contributed by atoms with Crippen molar-refractivity contribution in [1.29, 1.82) is 0 Å². The Kier molecular flexibility index (Phi) is 4.72. The predicted molar refractivity (Wildman–Crippen MR) is 92.1 cm³/mol. The summed E-state index contributed by atoms with van der Waals surface area (Å²) in [6, 6.07) is 14.4. The van der Waals surface area contributed by atoms with Gasteiger partial charge in [0, 0.05) is 30.4 Å². The van der Waals surface area contributed by atoms with Gasteiger partial charge in [0.15, 0.2) is 0 Å². The van der Waals surface area contributed by atoms with E-state index < -0.39 is 0 Å². The number of anilines is 2. The maximum absolute atomic E-state index is 5.91. The molecule has 122 valence electrons. The zero-order chi connectivity index (χ0) is 16.2. The van der Waals surface area contributed by atoms with Crippen molar-refractivity contribution in [1.82, 2.24) is 0 Å². The van der Waals surface area contributed by atoms with Crippen molar-refractivity contribution in [3.63, 3.8) is 0 Å². The molecule has 4 heteroatoms. The summed E-state index contributed by atoms with van der Waals surface area (Å²) in [7, 11) is 3.39. The lowest BCUT2D eigenvalue weighted by atomic mass is 10.0. The SMILES string of the molecule is COc1cccc(N2CCOC(C)Cc3cc(OC)ccc32)c1. The fourth-order valence-corrected chi connectivity index (χ4v) is 3.00. The highest BCUT2D eigenvalue weighted by Crippen LogP contribution is 2.34. The largest absolute Gasteiger partial charge is 0.497 e. The second-order valence-electron chi connectivity index (χ2n) is 5.73. The number of methoxy groups -OCH3 is 2. The molecule has 0 bridgehead atoms. The summed E-state index contributed by atoms with van der Waals surface area (Å²) >= 11 is 0. The van der Waals surface area contributed by atoms with Crippen molar-refractivity contribution >= 4 is 11.4 Å². The molecule has 0 radical (unpaired) electrons. The normalized spacial score (nSPS) is 17.9. The molecule has 1 unspecified atom stereocenters. The van der Waals surface area contributed by atoms with Crippen LogP contribution in [0.3, 0.4) is 0 Å². The summed E-state index contributed by atoms with van der Waals surface area (Å²) < 4.78 is 16.7. The fourth-order valence-electron chi connectivity index (χ4n) is 3.00. The van der Waals surface area contributed by atoms with Crippen molar-refractivity contribution in [2.75, 3.05) is 32.3 Å². The van der Waals surface area contributed by atoms with Gasteiger partial charge in [0.1, 0.15) is 11.5 Å². The minimum Gasteiger partial charge on any atom is -0.497 e. The summed E-state index contributed by atoms with van der Waals surface area (Å²) in [6.45, 7) is 3.62. The molecule has 0 amide bonds. The molecule has 1 aliphatic rings. The molecule has 0 saturated carbocycles. The second-order valence-corrected chi connectivity index (χ2v) is 5.73. The first kappa shape index (κ1) is 15.7. The first-order chi connectivity index (χ1) is 11.2. The Hall–Kier alpha value is -2.20. The number of nitrogens with zero attached hydrogens (tertiary/aromatic N) is 1. The van der Waals surface area contributed by atoms with E-state index in [1.807, 2.05) is 18.2 Å². The molecule has 1 heterocycles. The third-order valence-corrected chi connectivity index (χ3v) is 4.17. The minimum absolute atomic E-state index is 0.202. The molecule has 2 aromatic rings. The van der Waals surface area contributed by atoms with E-state index in [9.17, 15) is 0 Å². The van der Waals surface area contributed by atoms with Gasteiger partial charge in [-0.2, -0.15) is 0 Å². The number of hydrogen-bond acceptors (Lipinski definition) is 4. The Balaban J connectivity index is 2.05. The maximum atomic E-state index is 5.91. The molecule has 0 spiro atoms. The Bertz CT molecular complexity index is 671. The van der Waals surface area contributed by atoms with Crippen LogP contribution in [0, 0.1) is 0 Å². The molecule has 0 aromatic heterocycles. The zero-order valence-electron chi connectivity index (χ0n) is 13.9. The molecule has 23 heavy (non-hydrogen) atoms. The highest BCUT2D eigenvalue weighted by atomic mass is 16.5. The minimum atomic E-state index is 0.202. The molecular formula is C19H23NO3. The quantitative estimate of drug-likeness (QED) is 0.862. The molecule has 0 N–H and O–H groups in total. The summed E-state index contributed by atoms with van der Waals surface area (Å²) in [5.41, 5.74) is 3.54. The van der Waals surface area contributed by atoms with E-state index in [4.69, 9.17) is 14.2 Å². The third-order valence-electron chi connectivity index (χ3n) is 4.17. The van der Waals surface area contributed by atoms with E-state index in [1.165, 1.54) is 11.3 Å². The van der Waals surface area contributed by atoms with Crippen molar-refractivity contribution in [3.05, 3.63) is 48.0 Å². The first-order valence-corrected chi connectivity index (χ1v) is 7.91. The van der Waals surface area contributed by atoms with Crippen LogP contribution >= 0.6 is 0 Å². The standard InChI is InChI=1S/C19H23NO3/c1-14-11-15-12-18(22-3)7-8-19(15)20(9-10-23-14)16-5-4-6-17(13-16)21-2/h4-8,12-14H,9-11H2,1-3H3. The number of benzene rings is 2. The summed E-state index contributed by atoms with van der Waals surface area (Å²) in [5, 5.41) is 0. The lowest BCUT2D eigenvalue weighted by molar-refractivity contribution is 0.0703. The van der Waals surface area contributed by atoms with Gasteiger partial charge in [-0.3, -0.25) is 0 Å². The van der Waals surface area contributed by atoms with E-state index in [0.29, 0.717) is 6.61 Å². The van der Waals surface area contributed by atoms with Gasteiger partial charge in [-0.1, -0.05) is 6.07 Å². The lowest BCUT2D eigenvalue weighted by Gasteiger charge is -2.31. The van der Waals surface area contributed by atoms with Gasteiger partial charge in [-0.15, -0.1) is 0 Å². The molecule has 1 atom stereocenters. The van der Waals surface area contributed by atoms with Gasteiger partial charge >= 0.3 is 0 Å². The van der Waals surface area contributed by atoms with Gasteiger partial charge in [0.2, 0.25) is 0 Å². The number of fused-ring (bicyclic) bond motifs is 1. The van der Waals surface area contributed by atoms with Gasteiger partial charge in [-0.25, -0.2) is 0 Å².